The van der Waals surface area contributed by atoms with Crippen molar-refractivity contribution in [3.05, 3.63) is 93.4 Å². The zero-order valence-corrected chi connectivity index (χ0v) is 19.1. The number of Topliss-reactive ketones (excluding diaryl/α,β-unsaturated/α-hetero) is 1. The molecule has 0 aliphatic carbocycles. The number of rotatable bonds is 8. The molecule has 0 bridgehead atoms. The molecule has 0 radical (unpaired) electrons. The number of carbonyl (C=O) groups excluding carboxylic acids is 1. The molecule has 0 spiro atoms. The van der Waals surface area contributed by atoms with Crippen LogP contribution in [0, 0.1) is 6.92 Å². The predicted octanol–water partition coefficient (Wildman–Crippen LogP) is 3.23. The molecule has 1 atom stereocenters. The fraction of sp³-hybridized carbons (Fsp3) is 0.346. The van der Waals surface area contributed by atoms with E-state index >= 15 is 0 Å². The number of aryl methyl sites for hydroxylation is 1. The van der Waals surface area contributed by atoms with Gasteiger partial charge in [-0.25, -0.2) is 4.68 Å². The first kappa shape index (κ1) is 22.9. The molecular weight excluding hydrogens is 418 g/mol. The minimum atomic E-state index is -0.371. The topological polar surface area (TPSA) is 73.7 Å². The summed E-state index contributed by atoms with van der Waals surface area (Å²) in [6.07, 6.45) is 1.71. The second kappa shape index (κ2) is 10.6. The Hall–Kier alpha value is -3.29. The zero-order chi connectivity index (χ0) is 23.2. The van der Waals surface area contributed by atoms with Gasteiger partial charge in [0.05, 0.1) is 18.9 Å². The summed E-state index contributed by atoms with van der Waals surface area (Å²) in [5, 5.41) is 4.13. The van der Waals surface area contributed by atoms with Gasteiger partial charge >= 0.3 is 0 Å². The largest absolute Gasteiger partial charge is 0.487 e. The van der Waals surface area contributed by atoms with Crippen molar-refractivity contribution in [1.82, 2.24) is 14.7 Å². The third-order valence-corrected chi connectivity index (χ3v) is 5.71. The Labute approximate surface area is 193 Å². The second-order valence-corrected chi connectivity index (χ2v) is 8.45. The maximum Gasteiger partial charge on any atom is 0.270 e. The highest BCUT2D eigenvalue weighted by Crippen LogP contribution is 2.16. The van der Waals surface area contributed by atoms with Gasteiger partial charge in [0.15, 0.2) is 5.78 Å². The van der Waals surface area contributed by atoms with Crippen molar-refractivity contribution < 1.29 is 14.3 Å². The van der Waals surface area contributed by atoms with E-state index in [1.807, 2.05) is 55.5 Å². The smallest absolute Gasteiger partial charge is 0.270 e. The van der Waals surface area contributed by atoms with Crippen molar-refractivity contribution in [2.24, 2.45) is 0 Å². The number of ether oxygens (including phenoxy) is 2. The molecule has 1 aliphatic heterocycles. The summed E-state index contributed by atoms with van der Waals surface area (Å²) in [6, 6.07) is 16.9. The van der Waals surface area contributed by atoms with Crippen LogP contribution < -0.4 is 10.3 Å². The number of nitrogens with zero attached hydrogens (tertiary/aromatic N) is 3. The fourth-order valence-electron chi connectivity index (χ4n) is 4.01. The average molecular weight is 448 g/mol. The molecule has 1 saturated heterocycles. The SMILES string of the molecule is Cc1cc(CN2CCOC(C)C2)ccc1C(=O)Cn1ncc(OCc2ccccc2)cc1=O. The van der Waals surface area contributed by atoms with Crippen LogP contribution in [0.3, 0.4) is 0 Å². The molecule has 33 heavy (non-hydrogen) atoms. The van der Waals surface area contributed by atoms with Gasteiger partial charge < -0.3 is 9.47 Å². The Balaban J connectivity index is 1.37. The zero-order valence-electron chi connectivity index (χ0n) is 19.1. The quantitative estimate of drug-likeness (QED) is 0.494. The Morgan fingerprint density at radius 3 is 2.70 bits per heavy atom. The lowest BCUT2D eigenvalue weighted by Crippen LogP contribution is -2.40. The van der Waals surface area contributed by atoms with E-state index in [9.17, 15) is 9.59 Å². The molecule has 0 amide bonds. The Bertz CT molecular complexity index is 1160. The summed E-state index contributed by atoms with van der Waals surface area (Å²) in [5.74, 6) is 0.233. The number of aromatic nitrogens is 2. The molecular formula is C26H29N3O4. The van der Waals surface area contributed by atoms with E-state index in [0.29, 0.717) is 17.9 Å². The summed E-state index contributed by atoms with van der Waals surface area (Å²) in [4.78, 5) is 27.7. The van der Waals surface area contributed by atoms with Crippen LogP contribution in [0.25, 0.3) is 0 Å². The lowest BCUT2D eigenvalue weighted by atomic mass is 10.0. The maximum atomic E-state index is 12.9. The number of benzene rings is 2. The molecule has 2 heterocycles. The fourth-order valence-corrected chi connectivity index (χ4v) is 4.01. The van der Waals surface area contributed by atoms with Gasteiger partial charge in [0.2, 0.25) is 0 Å². The van der Waals surface area contributed by atoms with E-state index in [1.54, 1.807) is 0 Å². The maximum absolute atomic E-state index is 12.9. The van der Waals surface area contributed by atoms with Gasteiger partial charge in [0.25, 0.3) is 5.56 Å². The van der Waals surface area contributed by atoms with E-state index in [0.717, 1.165) is 42.9 Å². The van der Waals surface area contributed by atoms with Gasteiger partial charge in [-0.2, -0.15) is 5.10 Å². The minimum Gasteiger partial charge on any atom is -0.487 e. The Kier molecular flexibility index (Phi) is 7.32. The molecule has 172 valence electrons. The molecule has 3 aromatic rings. The molecule has 1 unspecified atom stereocenters. The summed E-state index contributed by atoms with van der Waals surface area (Å²) in [6.45, 7) is 7.62. The van der Waals surface area contributed by atoms with E-state index in [-0.39, 0.29) is 24.0 Å². The Morgan fingerprint density at radius 1 is 1.15 bits per heavy atom. The number of hydrogen-bond donors (Lipinski definition) is 0. The molecule has 7 heteroatoms. The lowest BCUT2D eigenvalue weighted by molar-refractivity contribution is -0.0212. The third kappa shape index (κ3) is 6.15. The second-order valence-electron chi connectivity index (χ2n) is 8.45. The molecule has 1 aliphatic rings. The average Bonchev–Trinajstić information content (AvgIpc) is 2.80. The lowest BCUT2D eigenvalue weighted by Gasteiger charge is -2.31. The molecule has 4 rings (SSSR count). The van der Waals surface area contributed by atoms with Gasteiger partial charge in [-0.15, -0.1) is 0 Å². The van der Waals surface area contributed by atoms with E-state index in [4.69, 9.17) is 9.47 Å². The van der Waals surface area contributed by atoms with Gasteiger partial charge in [-0.3, -0.25) is 14.5 Å². The molecule has 1 fully saturated rings. The van der Waals surface area contributed by atoms with Gasteiger partial charge in [-0.1, -0.05) is 48.5 Å². The summed E-state index contributed by atoms with van der Waals surface area (Å²) in [5.41, 5.74) is 3.29. The van der Waals surface area contributed by atoms with E-state index < -0.39 is 0 Å². The van der Waals surface area contributed by atoms with E-state index in [1.165, 1.54) is 16.9 Å². The number of carbonyl (C=O) groups is 1. The molecule has 0 N–H and O–H groups in total. The molecule has 7 nitrogen and oxygen atoms in total. The van der Waals surface area contributed by atoms with Crippen LogP contribution in [0.4, 0.5) is 0 Å². The number of hydrogen-bond acceptors (Lipinski definition) is 6. The highest BCUT2D eigenvalue weighted by atomic mass is 16.5. The van der Waals surface area contributed by atoms with E-state index in [2.05, 4.69) is 16.9 Å². The molecule has 0 saturated carbocycles. The first-order valence-electron chi connectivity index (χ1n) is 11.2. The standard InChI is InChI=1S/C26H29N3O4/c1-19-12-22(16-28-10-11-32-20(2)15-28)8-9-24(19)25(30)17-29-26(31)13-23(14-27-29)33-18-21-6-4-3-5-7-21/h3-9,12-14,20H,10-11,15-18H2,1-2H3. The van der Waals surface area contributed by atoms with Crippen LogP contribution >= 0.6 is 0 Å². The van der Waals surface area contributed by atoms with Crippen LogP contribution in [-0.2, 0) is 24.4 Å². The van der Waals surface area contributed by atoms with Crippen molar-refractivity contribution in [2.45, 2.75) is 39.6 Å². The van der Waals surface area contributed by atoms with Gasteiger partial charge in [-0.05, 0) is 30.5 Å². The predicted molar refractivity (Wildman–Crippen MR) is 125 cm³/mol. The highest BCUT2D eigenvalue weighted by Gasteiger charge is 2.18. The normalized spacial score (nSPS) is 16.5. The summed E-state index contributed by atoms with van der Waals surface area (Å²) >= 11 is 0. The summed E-state index contributed by atoms with van der Waals surface area (Å²) < 4.78 is 12.4. The Morgan fingerprint density at radius 2 is 1.97 bits per heavy atom. The van der Waals surface area contributed by atoms with Crippen molar-refractivity contribution in [3.8, 4) is 5.75 Å². The highest BCUT2D eigenvalue weighted by molar-refractivity contribution is 5.97. The minimum absolute atomic E-state index is 0.112. The molecule has 1 aromatic heterocycles. The summed E-state index contributed by atoms with van der Waals surface area (Å²) in [7, 11) is 0. The van der Waals surface area contributed by atoms with Crippen LogP contribution in [-0.4, -0.2) is 46.3 Å². The third-order valence-electron chi connectivity index (χ3n) is 5.71. The first-order chi connectivity index (χ1) is 16.0. The van der Waals surface area contributed by atoms with Crippen LogP contribution in [0.1, 0.15) is 34.0 Å². The van der Waals surface area contributed by atoms with Crippen molar-refractivity contribution in [2.75, 3.05) is 19.7 Å². The molecule has 2 aromatic carbocycles. The van der Waals surface area contributed by atoms with Crippen molar-refractivity contribution in [1.29, 1.82) is 0 Å². The van der Waals surface area contributed by atoms with Crippen LogP contribution in [0.2, 0.25) is 0 Å². The van der Waals surface area contributed by atoms with Crippen LogP contribution in [0.5, 0.6) is 5.75 Å². The van der Waals surface area contributed by atoms with Crippen molar-refractivity contribution in [3.63, 3.8) is 0 Å². The monoisotopic (exact) mass is 447 g/mol. The van der Waals surface area contributed by atoms with Crippen molar-refractivity contribution >= 4 is 5.78 Å². The number of morpholine rings is 1. The number of ketones is 1. The van der Waals surface area contributed by atoms with Gasteiger partial charge in [0, 0.05) is 31.3 Å². The first-order valence-corrected chi connectivity index (χ1v) is 11.2. The van der Waals surface area contributed by atoms with Crippen LogP contribution in [0.15, 0.2) is 65.6 Å². The van der Waals surface area contributed by atoms with Gasteiger partial charge in [0.1, 0.15) is 18.9 Å².